The van der Waals surface area contributed by atoms with Crippen LogP contribution in [0, 0.1) is 0 Å². The van der Waals surface area contributed by atoms with Crippen LogP contribution in [0.1, 0.15) is 24.2 Å². The maximum atomic E-state index is 12.2. The molecule has 1 amide bonds. The van der Waals surface area contributed by atoms with Gasteiger partial charge in [0.2, 0.25) is 5.91 Å². The Labute approximate surface area is 180 Å². The number of allylic oxidation sites excluding steroid dienone is 1. The zero-order valence-corrected chi connectivity index (χ0v) is 17.5. The number of amides is 1. The van der Waals surface area contributed by atoms with Crippen molar-refractivity contribution in [3.05, 3.63) is 84.2 Å². The lowest BCUT2D eigenvalue weighted by Crippen LogP contribution is -2.16. The first kappa shape index (κ1) is 20.1. The first-order valence-electron chi connectivity index (χ1n) is 9.93. The van der Waals surface area contributed by atoms with E-state index < -0.39 is 0 Å². The van der Waals surface area contributed by atoms with Gasteiger partial charge in [-0.2, -0.15) is 0 Å². The normalized spacial score (nSPS) is 15.6. The van der Waals surface area contributed by atoms with Crippen molar-refractivity contribution < 1.29 is 4.79 Å². The fourth-order valence-corrected chi connectivity index (χ4v) is 4.12. The van der Waals surface area contributed by atoms with Crippen molar-refractivity contribution in [3.63, 3.8) is 0 Å². The number of aromatic nitrogens is 3. The van der Waals surface area contributed by atoms with E-state index in [4.69, 9.17) is 4.99 Å². The van der Waals surface area contributed by atoms with E-state index in [1.807, 2.05) is 48.5 Å². The molecule has 30 heavy (non-hydrogen) atoms. The minimum absolute atomic E-state index is 0.0620. The molecule has 7 heteroatoms. The summed E-state index contributed by atoms with van der Waals surface area (Å²) in [6, 6.07) is 19.6. The van der Waals surface area contributed by atoms with Gasteiger partial charge in [0.05, 0.1) is 23.9 Å². The van der Waals surface area contributed by atoms with Crippen LogP contribution in [0.5, 0.6) is 0 Å². The average molecular weight is 418 g/mol. The van der Waals surface area contributed by atoms with Crippen molar-refractivity contribution in [2.24, 2.45) is 4.99 Å². The minimum Gasteiger partial charge on any atom is -0.325 e. The number of aliphatic imine (C=N–C) groups is 1. The number of carbonyl (C=O) groups excluding carboxylic acids is 1. The highest BCUT2D eigenvalue weighted by atomic mass is 32.2. The van der Waals surface area contributed by atoms with Crippen LogP contribution in [0.25, 0.3) is 0 Å². The molecule has 2 aromatic carbocycles. The Morgan fingerprint density at radius 3 is 2.50 bits per heavy atom. The molecule has 0 aliphatic carbocycles. The van der Waals surface area contributed by atoms with Crippen LogP contribution in [0.15, 0.2) is 83.0 Å². The van der Waals surface area contributed by atoms with Crippen LogP contribution in [0.2, 0.25) is 0 Å². The van der Waals surface area contributed by atoms with E-state index in [9.17, 15) is 4.79 Å². The summed E-state index contributed by atoms with van der Waals surface area (Å²) in [6.45, 7) is 3.44. The Bertz CT molecular complexity index is 1060. The molecule has 1 N–H and O–H groups in total. The van der Waals surface area contributed by atoms with E-state index in [-0.39, 0.29) is 17.6 Å². The van der Waals surface area contributed by atoms with E-state index in [0.29, 0.717) is 6.54 Å². The van der Waals surface area contributed by atoms with E-state index >= 15 is 0 Å². The quantitative estimate of drug-likeness (QED) is 0.586. The lowest BCUT2D eigenvalue weighted by atomic mass is 10.0. The third-order valence-corrected chi connectivity index (χ3v) is 5.76. The number of nitrogens with zero attached hydrogens (tertiary/aromatic N) is 4. The zero-order valence-electron chi connectivity index (χ0n) is 16.7. The number of nitrogens with one attached hydrogen (secondary N) is 1. The van der Waals surface area contributed by atoms with Gasteiger partial charge in [0, 0.05) is 12.2 Å². The Morgan fingerprint density at radius 1 is 1.10 bits per heavy atom. The summed E-state index contributed by atoms with van der Waals surface area (Å²) in [5.74, 6) is 1.19. The number of benzene rings is 2. The second kappa shape index (κ2) is 9.54. The second-order valence-electron chi connectivity index (χ2n) is 6.85. The molecule has 1 aromatic heterocycles. The molecule has 0 spiro atoms. The first-order valence-corrected chi connectivity index (χ1v) is 10.9. The van der Waals surface area contributed by atoms with Crippen molar-refractivity contribution in [3.8, 4) is 0 Å². The topological polar surface area (TPSA) is 72.2 Å². The van der Waals surface area contributed by atoms with E-state index in [0.717, 1.165) is 34.5 Å². The van der Waals surface area contributed by atoms with E-state index in [2.05, 4.69) is 51.3 Å². The molecule has 3 aromatic rings. The van der Waals surface area contributed by atoms with Gasteiger partial charge < -0.3 is 9.88 Å². The summed E-state index contributed by atoms with van der Waals surface area (Å²) in [5.41, 5.74) is 2.89. The summed E-state index contributed by atoms with van der Waals surface area (Å²) >= 11 is 1.40. The third kappa shape index (κ3) is 4.68. The fourth-order valence-electron chi connectivity index (χ4n) is 3.31. The maximum absolute atomic E-state index is 12.2. The number of rotatable bonds is 7. The lowest BCUT2D eigenvalue weighted by molar-refractivity contribution is -0.113. The van der Waals surface area contributed by atoms with Crippen LogP contribution in [0.4, 0.5) is 5.69 Å². The van der Waals surface area contributed by atoms with Gasteiger partial charge in [0.15, 0.2) is 5.16 Å². The molecule has 0 saturated heterocycles. The number of anilines is 1. The summed E-state index contributed by atoms with van der Waals surface area (Å²) in [7, 11) is 0. The molecule has 0 fully saturated rings. The summed E-state index contributed by atoms with van der Waals surface area (Å²) in [5, 5.41) is 12.4. The third-order valence-electron chi connectivity index (χ3n) is 4.80. The number of hydrogen-bond acceptors (Lipinski definition) is 5. The number of para-hydroxylation sites is 1. The van der Waals surface area contributed by atoms with Crippen LogP contribution >= 0.6 is 11.8 Å². The van der Waals surface area contributed by atoms with Crippen LogP contribution in [-0.4, -0.2) is 38.7 Å². The van der Waals surface area contributed by atoms with Crippen molar-refractivity contribution in [2.45, 2.75) is 24.5 Å². The molecule has 1 atom stereocenters. The predicted octanol–water partition coefficient (Wildman–Crippen LogP) is 4.17. The molecular formula is C23H23N5OS. The molecule has 6 nitrogen and oxygen atoms in total. The molecule has 1 aliphatic rings. The molecule has 2 heterocycles. The van der Waals surface area contributed by atoms with E-state index in [1.165, 1.54) is 11.8 Å². The predicted molar refractivity (Wildman–Crippen MR) is 121 cm³/mol. The van der Waals surface area contributed by atoms with Crippen molar-refractivity contribution in [2.75, 3.05) is 17.6 Å². The smallest absolute Gasteiger partial charge is 0.234 e. The standard InChI is InChI=1S/C23H23N5OS/c1-2-28-22(18-13-14-20(24-15-18)17-9-5-3-6-10-17)26-27-23(28)30-16-21(29)25-19-11-7-4-8-12-19/h3-14,18H,2,15-16H2,1H3,(H,25,29). The fraction of sp³-hybridized carbons (Fsp3) is 0.217. The van der Waals surface area contributed by atoms with Gasteiger partial charge in [-0.05, 0) is 30.7 Å². The van der Waals surface area contributed by atoms with E-state index in [1.54, 1.807) is 0 Å². The number of dihydropyridines is 1. The highest BCUT2D eigenvalue weighted by molar-refractivity contribution is 7.99. The molecule has 0 bridgehead atoms. The molecule has 152 valence electrons. The molecule has 4 rings (SSSR count). The summed E-state index contributed by atoms with van der Waals surface area (Å²) in [4.78, 5) is 17.0. The van der Waals surface area contributed by atoms with Gasteiger partial charge in [-0.3, -0.25) is 9.79 Å². The highest BCUT2D eigenvalue weighted by Crippen LogP contribution is 2.25. The van der Waals surface area contributed by atoms with Gasteiger partial charge >= 0.3 is 0 Å². The van der Waals surface area contributed by atoms with Crippen LogP contribution in [0.3, 0.4) is 0 Å². The highest BCUT2D eigenvalue weighted by Gasteiger charge is 2.21. The molecular weight excluding hydrogens is 394 g/mol. The molecule has 1 aliphatic heterocycles. The maximum Gasteiger partial charge on any atom is 0.234 e. The number of carbonyl (C=O) groups is 1. The second-order valence-corrected chi connectivity index (χ2v) is 7.79. The van der Waals surface area contributed by atoms with Crippen molar-refractivity contribution in [1.82, 2.24) is 14.8 Å². The molecule has 0 radical (unpaired) electrons. The van der Waals surface area contributed by atoms with Gasteiger partial charge in [0.25, 0.3) is 0 Å². The Kier molecular flexibility index (Phi) is 6.39. The Hall–Kier alpha value is -3.19. The summed E-state index contributed by atoms with van der Waals surface area (Å²) in [6.07, 6.45) is 4.19. The lowest BCUT2D eigenvalue weighted by Gasteiger charge is -2.16. The average Bonchev–Trinajstić information content (AvgIpc) is 3.22. The molecule has 0 saturated carbocycles. The zero-order chi connectivity index (χ0) is 20.8. The number of hydrogen-bond donors (Lipinski definition) is 1. The Balaban J connectivity index is 1.40. The molecule has 1 unspecified atom stereocenters. The Morgan fingerprint density at radius 2 is 1.83 bits per heavy atom. The van der Waals surface area contributed by atoms with Crippen LogP contribution in [-0.2, 0) is 11.3 Å². The van der Waals surface area contributed by atoms with Crippen LogP contribution < -0.4 is 5.32 Å². The van der Waals surface area contributed by atoms with Gasteiger partial charge in [-0.1, -0.05) is 66.4 Å². The van der Waals surface area contributed by atoms with Crippen molar-refractivity contribution >= 4 is 29.1 Å². The van der Waals surface area contributed by atoms with Gasteiger partial charge in [0.1, 0.15) is 5.82 Å². The first-order chi connectivity index (χ1) is 14.7. The SMILES string of the molecule is CCn1c(SCC(=O)Nc2ccccc2)nnc1C1C=CC(c2ccccc2)=NC1. The van der Waals surface area contributed by atoms with Gasteiger partial charge in [-0.25, -0.2) is 0 Å². The van der Waals surface area contributed by atoms with Gasteiger partial charge in [-0.15, -0.1) is 10.2 Å². The monoisotopic (exact) mass is 417 g/mol. The van der Waals surface area contributed by atoms with Crippen molar-refractivity contribution in [1.29, 1.82) is 0 Å². The number of thioether (sulfide) groups is 1. The summed E-state index contributed by atoms with van der Waals surface area (Å²) < 4.78 is 2.07. The minimum atomic E-state index is -0.0620. The largest absolute Gasteiger partial charge is 0.325 e.